The number of rotatable bonds is 1. The summed E-state index contributed by atoms with van der Waals surface area (Å²) in [6.07, 6.45) is 0. The van der Waals surface area contributed by atoms with Gasteiger partial charge in [0.2, 0.25) is 0 Å². The second kappa shape index (κ2) is 3.21. The van der Waals surface area contributed by atoms with Crippen molar-refractivity contribution in [1.29, 1.82) is 0 Å². The maximum Gasteiger partial charge on any atom is 0.129 e. The van der Waals surface area contributed by atoms with Gasteiger partial charge in [-0.2, -0.15) is 0 Å². The van der Waals surface area contributed by atoms with Crippen molar-refractivity contribution >= 4 is 33.3 Å². The van der Waals surface area contributed by atoms with Crippen LogP contribution in [-0.2, 0) is 5.88 Å². The van der Waals surface area contributed by atoms with Gasteiger partial charge in [0.05, 0.1) is 5.88 Å². The maximum absolute atomic E-state index is 5.55. The topological polar surface area (TPSA) is 38.9 Å². The van der Waals surface area contributed by atoms with E-state index in [0.29, 0.717) is 11.7 Å². The molecule has 1 rings (SSSR count). The number of hydrogen-bond donors (Lipinski definition) is 1. The summed E-state index contributed by atoms with van der Waals surface area (Å²) in [5.41, 5.74) is 6.37. The molecule has 0 saturated carbocycles. The second-order valence-corrected chi connectivity index (χ2v) is 2.89. The Hall–Kier alpha value is -0.280. The van der Waals surface area contributed by atoms with E-state index in [1.807, 2.05) is 12.1 Å². The fraction of sp³-hybridized carbons (Fsp3) is 0.167. The summed E-state index contributed by atoms with van der Waals surface area (Å²) in [5, 5.41) is 0. The van der Waals surface area contributed by atoms with Crippen LogP contribution in [0, 0.1) is 0 Å². The van der Waals surface area contributed by atoms with Crippen molar-refractivity contribution in [1.82, 2.24) is 4.98 Å². The molecule has 0 fully saturated rings. The monoisotopic (exact) mass is 220 g/mol. The Kier molecular flexibility index (Phi) is 2.51. The Morgan fingerprint density at radius 1 is 1.60 bits per heavy atom. The van der Waals surface area contributed by atoms with E-state index >= 15 is 0 Å². The van der Waals surface area contributed by atoms with Crippen LogP contribution in [0.5, 0.6) is 0 Å². The number of alkyl halides is 1. The molecule has 1 aromatic rings. The largest absolute Gasteiger partial charge is 0.383 e. The van der Waals surface area contributed by atoms with Crippen LogP contribution in [0.3, 0.4) is 0 Å². The van der Waals surface area contributed by atoms with E-state index in [9.17, 15) is 0 Å². The Morgan fingerprint density at radius 2 is 2.30 bits per heavy atom. The molecule has 4 heteroatoms. The van der Waals surface area contributed by atoms with Crippen LogP contribution >= 0.6 is 27.5 Å². The van der Waals surface area contributed by atoms with Crippen LogP contribution in [0.2, 0.25) is 0 Å². The van der Waals surface area contributed by atoms with Crippen molar-refractivity contribution < 1.29 is 0 Å². The zero-order chi connectivity index (χ0) is 7.56. The van der Waals surface area contributed by atoms with Crippen LogP contribution in [0.25, 0.3) is 0 Å². The van der Waals surface area contributed by atoms with Gasteiger partial charge in [-0.3, -0.25) is 0 Å². The number of nitrogens with two attached hydrogens (primary N) is 1. The smallest absolute Gasteiger partial charge is 0.129 e. The lowest BCUT2D eigenvalue weighted by molar-refractivity contribution is 1.22. The van der Waals surface area contributed by atoms with E-state index in [2.05, 4.69) is 20.9 Å². The lowest BCUT2D eigenvalue weighted by Crippen LogP contribution is -1.95. The van der Waals surface area contributed by atoms with Gasteiger partial charge in [0.1, 0.15) is 10.4 Å². The quantitative estimate of drug-likeness (QED) is 0.583. The van der Waals surface area contributed by atoms with Gasteiger partial charge >= 0.3 is 0 Å². The Labute approximate surface area is 72.5 Å². The van der Waals surface area contributed by atoms with Gasteiger partial charge in [0, 0.05) is 5.56 Å². The van der Waals surface area contributed by atoms with Gasteiger partial charge in [-0.25, -0.2) is 4.98 Å². The summed E-state index contributed by atoms with van der Waals surface area (Å²) in [6, 6.07) is 3.66. The molecule has 0 radical (unpaired) electrons. The van der Waals surface area contributed by atoms with Gasteiger partial charge in [0.25, 0.3) is 0 Å². The fourth-order valence-corrected chi connectivity index (χ4v) is 1.14. The van der Waals surface area contributed by atoms with Crippen LogP contribution in [-0.4, -0.2) is 4.98 Å². The van der Waals surface area contributed by atoms with Crippen LogP contribution in [0.15, 0.2) is 16.7 Å². The van der Waals surface area contributed by atoms with Crippen LogP contribution < -0.4 is 5.73 Å². The number of aromatic nitrogens is 1. The van der Waals surface area contributed by atoms with E-state index in [0.717, 1.165) is 10.2 Å². The maximum atomic E-state index is 5.55. The number of nitrogen functional groups attached to an aromatic ring is 1. The Balaban J connectivity index is 3.07. The molecular weight excluding hydrogens is 215 g/mol. The van der Waals surface area contributed by atoms with E-state index in [4.69, 9.17) is 17.3 Å². The van der Waals surface area contributed by atoms with E-state index < -0.39 is 0 Å². The molecule has 54 valence electrons. The molecular formula is C6H6BrClN2. The van der Waals surface area contributed by atoms with E-state index in [1.54, 1.807) is 0 Å². The number of hydrogen-bond acceptors (Lipinski definition) is 2. The highest BCUT2D eigenvalue weighted by molar-refractivity contribution is 9.10. The van der Waals surface area contributed by atoms with Gasteiger partial charge in [-0.15, -0.1) is 11.6 Å². The lowest BCUT2D eigenvalue weighted by atomic mass is 10.3. The molecule has 0 aliphatic rings. The van der Waals surface area contributed by atoms with Crippen molar-refractivity contribution in [2.24, 2.45) is 0 Å². The van der Waals surface area contributed by atoms with Crippen LogP contribution in [0.4, 0.5) is 5.82 Å². The van der Waals surface area contributed by atoms with Crippen molar-refractivity contribution in [3.8, 4) is 0 Å². The number of pyridine rings is 1. The fourth-order valence-electron chi connectivity index (χ4n) is 0.592. The zero-order valence-electron chi connectivity index (χ0n) is 5.14. The minimum absolute atomic E-state index is 0.409. The normalized spacial score (nSPS) is 9.80. The highest BCUT2D eigenvalue weighted by atomic mass is 79.9. The minimum Gasteiger partial charge on any atom is -0.383 e. The first-order valence-corrected chi connectivity index (χ1v) is 4.03. The standard InChI is InChI=1S/C6H6BrClN2/c7-5-2-1-4(3-8)6(9)10-5/h1-2H,3H2,(H2,9,10). The third-order valence-electron chi connectivity index (χ3n) is 1.12. The predicted molar refractivity (Wildman–Crippen MR) is 45.9 cm³/mol. The van der Waals surface area contributed by atoms with Crippen LogP contribution in [0.1, 0.15) is 5.56 Å². The number of halogens is 2. The summed E-state index contributed by atoms with van der Waals surface area (Å²) in [7, 11) is 0. The number of nitrogens with zero attached hydrogens (tertiary/aromatic N) is 1. The molecule has 2 N–H and O–H groups in total. The van der Waals surface area contributed by atoms with Crippen molar-refractivity contribution in [3.63, 3.8) is 0 Å². The summed E-state index contributed by atoms with van der Waals surface area (Å²) >= 11 is 8.74. The molecule has 0 bridgehead atoms. The summed E-state index contributed by atoms with van der Waals surface area (Å²) in [4.78, 5) is 3.95. The van der Waals surface area contributed by atoms with Crippen molar-refractivity contribution in [3.05, 3.63) is 22.3 Å². The predicted octanol–water partition coefficient (Wildman–Crippen LogP) is 2.17. The van der Waals surface area contributed by atoms with Gasteiger partial charge < -0.3 is 5.73 Å². The average molecular weight is 221 g/mol. The third kappa shape index (κ3) is 1.61. The number of anilines is 1. The average Bonchev–Trinajstić information content (AvgIpc) is 1.88. The summed E-state index contributed by atoms with van der Waals surface area (Å²) < 4.78 is 0.735. The Morgan fingerprint density at radius 3 is 2.80 bits per heavy atom. The lowest BCUT2D eigenvalue weighted by Gasteiger charge is -1.98. The van der Waals surface area contributed by atoms with Crippen molar-refractivity contribution in [2.45, 2.75) is 5.88 Å². The molecule has 0 aliphatic carbocycles. The molecule has 1 aromatic heterocycles. The molecule has 0 spiro atoms. The molecule has 0 aliphatic heterocycles. The van der Waals surface area contributed by atoms with Crippen molar-refractivity contribution in [2.75, 3.05) is 5.73 Å². The Bertz CT molecular complexity index is 239. The highest BCUT2D eigenvalue weighted by Crippen LogP contribution is 2.15. The third-order valence-corrected chi connectivity index (χ3v) is 1.85. The molecule has 1 heterocycles. The van der Waals surface area contributed by atoms with Gasteiger partial charge in [-0.05, 0) is 22.0 Å². The highest BCUT2D eigenvalue weighted by Gasteiger charge is 1.97. The molecule has 2 nitrogen and oxygen atoms in total. The summed E-state index contributed by atoms with van der Waals surface area (Å²) in [6.45, 7) is 0. The molecule has 0 aromatic carbocycles. The molecule has 0 atom stereocenters. The van der Waals surface area contributed by atoms with E-state index in [-0.39, 0.29) is 0 Å². The minimum atomic E-state index is 0.409. The molecule has 0 unspecified atom stereocenters. The molecule has 0 amide bonds. The first-order chi connectivity index (χ1) is 4.74. The van der Waals surface area contributed by atoms with Gasteiger partial charge in [-0.1, -0.05) is 6.07 Å². The molecule has 10 heavy (non-hydrogen) atoms. The second-order valence-electron chi connectivity index (χ2n) is 1.81. The summed E-state index contributed by atoms with van der Waals surface area (Å²) in [5.74, 6) is 0.899. The van der Waals surface area contributed by atoms with Gasteiger partial charge in [0.15, 0.2) is 0 Å². The first-order valence-electron chi connectivity index (χ1n) is 2.71. The SMILES string of the molecule is Nc1nc(Br)ccc1CCl. The molecule has 0 saturated heterocycles. The van der Waals surface area contributed by atoms with E-state index in [1.165, 1.54) is 0 Å². The first kappa shape index (κ1) is 7.82. The zero-order valence-corrected chi connectivity index (χ0v) is 7.48.